The lowest BCUT2D eigenvalue weighted by atomic mass is 10.1. The average molecular weight is 302 g/mol. The van der Waals surface area contributed by atoms with Crippen LogP contribution in [0, 0.1) is 6.92 Å². The van der Waals surface area contributed by atoms with Crippen LogP contribution in [0.1, 0.15) is 19.5 Å². The Morgan fingerprint density at radius 3 is 2.59 bits per heavy atom. The van der Waals surface area contributed by atoms with E-state index < -0.39 is 0 Å². The summed E-state index contributed by atoms with van der Waals surface area (Å²) in [6.07, 6.45) is 0. The Balaban J connectivity index is 2.28. The molecule has 0 spiro atoms. The van der Waals surface area contributed by atoms with Crippen LogP contribution in [-0.4, -0.2) is 42.6 Å². The molecule has 22 heavy (non-hydrogen) atoms. The summed E-state index contributed by atoms with van der Waals surface area (Å²) in [6, 6.07) is 7.47. The minimum Gasteiger partial charge on any atom is -0.497 e. The molecule has 0 bridgehead atoms. The summed E-state index contributed by atoms with van der Waals surface area (Å²) < 4.78 is 11.0. The van der Waals surface area contributed by atoms with Gasteiger partial charge in [-0.15, -0.1) is 0 Å². The number of hydrogen-bond acceptors (Lipinski definition) is 4. The molecule has 0 saturated carbocycles. The minimum absolute atomic E-state index is 0.0180. The number of amides is 1. The smallest absolute Gasteiger partial charge is 0.260 e. The van der Waals surface area contributed by atoms with Crippen LogP contribution in [-0.2, 0) is 4.79 Å². The Kier molecular flexibility index (Phi) is 5.20. The molecule has 1 aromatic carbocycles. The number of methoxy groups -OCH3 is 1. The van der Waals surface area contributed by atoms with Gasteiger partial charge in [-0.2, -0.15) is 0 Å². The molecule has 5 nitrogen and oxygen atoms in total. The second-order valence-corrected chi connectivity index (χ2v) is 5.00. The fourth-order valence-corrected chi connectivity index (χ4v) is 2.35. The molecule has 0 fully saturated rings. The Hall–Kier alpha value is -2.30. The van der Waals surface area contributed by atoms with E-state index >= 15 is 0 Å². The summed E-state index contributed by atoms with van der Waals surface area (Å²) in [7, 11) is 1.62. The maximum absolute atomic E-state index is 12.1. The van der Waals surface area contributed by atoms with Crippen molar-refractivity contribution in [2.45, 2.75) is 20.8 Å². The van der Waals surface area contributed by atoms with Gasteiger partial charge in [0.05, 0.1) is 12.6 Å². The number of aryl methyl sites for hydroxylation is 1. The molecule has 1 aromatic heterocycles. The van der Waals surface area contributed by atoms with Gasteiger partial charge in [-0.25, -0.2) is 0 Å². The predicted molar refractivity (Wildman–Crippen MR) is 86.5 cm³/mol. The van der Waals surface area contributed by atoms with Crippen LogP contribution >= 0.6 is 0 Å². The number of carbonyl (C=O) groups is 1. The lowest BCUT2D eigenvalue weighted by Gasteiger charge is -2.19. The van der Waals surface area contributed by atoms with Crippen LogP contribution in [0.25, 0.3) is 10.9 Å². The van der Waals surface area contributed by atoms with E-state index in [2.05, 4.69) is 4.98 Å². The van der Waals surface area contributed by atoms with Gasteiger partial charge in [-0.1, -0.05) is 0 Å². The highest BCUT2D eigenvalue weighted by molar-refractivity contribution is 5.87. The first kappa shape index (κ1) is 16.1. The molecular formula is C17H22N2O3. The monoisotopic (exact) mass is 302 g/mol. The molecule has 2 aromatic rings. The number of nitrogens with zero attached hydrogens (tertiary/aromatic N) is 2. The summed E-state index contributed by atoms with van der Waals surface area (Å²) in [6.45, 7) is 7.21. The third kappa shape index (κ3) is 3.47. The number of carbonyl (C=O) groups excluding carboxylic acids is 1. The number of likely N-dealkylation sites (N-methyl/N-ethyl adjacent to an activating group) is 1. The molecule has 118 valence electrons. The molecule has 1 heterocycles. The van der Waals surface area contributed by atoms with Crippen LogP contribution in [0.3, 0.4) is 0 Å². The van der Waals surface area contributed by atoms with Crippen molar-refractivity contribution >= 4 is 16.8 Å². The fraction of sp³-hybridized carbons (Fsp3) is 0.412. The van der Waals surface area contributed by atoms with Crippen molar-refractivity contribution in [1.29, 1.82) is 0 Å². The van der Waals surface area contributed by atoms with Gasteiger partial charge in [0.1, 0.15) is 11.5 Å². The highest BCUT2D eigenvalue weighted by Gasteiger charge is 2.12. The molecule has 1 amide bonds. The van der Waals surface area contributed by atoms with E-state index in [1.807, 2.05) is 45.0 Å². The topological polar surface area (TPSA) is 51.7 Å². The standard InChI is InChI=1S/C17H22N2O3/c1-5-19(6-2)17(20)11-22-16-9-12(3)18-15-8-7-13(21-4)10-14(15)16/h7-10H,5-6,11H2,1-4H3. The van der Waals surface area contributed by atoms with Crippen LogP contribution < -0.4 is 9.47 Å². The van der Waals surface area contributed by atoms with Gasteiger partial charge < -0.3 is 14.4 Å². The third-order valence-electron chi connectivity index (χ3n) is 3.57. The van der Waals surface area contributed by atoms with E-state index in [4.69, 9.17) is 9.47 Å². The highest BCUT2D eigenvalue weighted by Crippen LogP contribution is 2.29. The Morgan fingerprint density at radius 2 is 1.95 bits per heavy atom. The lowest BCUT2D eigenvalue weighted by Crippen LogP contribution is -2.34. The lowest BCUT2D eigenvalue weighted by molar-refractivity contribution is -0.132. The van der Waals surface area contributed by atoms with Crippen LogP contribution in [0.4, 0.5) is 0 Å². The molecule has 0 aliphatic heterocycles. The van der Waals surface area contributed by atoms with E-state index in [0.717, 1.165) is 22.3 Å². The summed E-state index contributed by atoms with van der Waals surface area (Å²) >= 11 is 0. The second kappa shape index (κ2) is 7.11. The van der Waals surface area contributed by atoms with Gasteiger partial charge >= 0.3 is 0 Å². The minimum atomic E-state index is -0.0180. The maximum Gasteiger partial charge on any atom is 0.260 e. The van der Waals surface area contributed by atoms with Crippen LogP contribution in [0.15, 0.2) is 24.3 Å². The SMILES string of the molecule is CCN(CC)C(=O)COc1cc(C)nc2ccc(OC)cc12. The van der Waals surface area contributed by atoms with Crippen LogP contribution in [0.5, 0.6) is 11.5 Å². The Bertz CT molecular complexity index is 666. The number of ether oxygens (including phenoxy) is 2. The van der Waals surface area contributed by atoms with Crippen molar-refractivity contribution in [3.8, 4) is 11.5 Å². The summed E-state index contributed by atoms with van der Waals surface area (Å²) in [4.78, 5) is 18.3. The Morgan fingerprint density at radius 1 is 1.23 bits per heavy atom. The largest absolute Gasteiger partial charge is 0.497 e. The normalized spacial score (nSPS) is 10.5. The first-order valence-electron chi connectivity index (χ1n) is 7.45. The van der Waals surface area contributed by atoms with Gasteiger partial charge in [-0.05, 0) is 39.0 Å². The van der Waals surface area contributed by atoms with E-state index in [1.165, 1.54) is 0 Å². The molecule has 0 aliphatic rings. The zero-order valence-corrected chi connectivity index (χ0v) is 13.5. The maximum atomic E-state index is 12.1. The van der Waals surface area contributed by atoms with Crippen molar-refractivity contribution in [1.82, 2.24) is 9.88 Å². The summed E-state index contributed by atoms with van der Waals surface area (Å²) in [5, 5.41) is 0.845. The average Bonchev–Trinajstić information content (AvgIpc) is 2.53. The molecule has 5 heteroatoms. The summed E-state index contributed by atoms with van der Waals surface area (Å²) in [5.74, 6) is 1.37. The van der Waals surface area contributed by atoms with Gasteiger partial charge in [0.2, 0.25) is 0 Å². The first-order chi connectivity index (χ1) is 10.6. The van der Waals surface area contributed by atoms with Gasteiger partial charge in [0, 0.05) is 30.2 Å². The number of hydrogen-bond donors (Lipinski definition) is 0. The van der Waals surface area contributed by atoms with Crippen molar-refractivity contribution in [2.24, 2.45) is 0 Å². The first-order valence-corrected chi connectivity index (χ1v) is 7.45. The molecule has 0 radical (unpaired) electrons. The van der Waals surface area contributed by atoms with Crippen molar-refractivity contribution < 1.29 is 14.3 Å². The van der Waals surface area contributed by atoms with Gasteiger partial charge in [0.15, 0.2) is 6.61 Å². The number of rotatable bonds is 6. The van der Waals surface area contributed by atoms with Crippen molar-refractivity contribution in [3.05, 3.63) is 30.0 Å². The molecule has 2 rings (SSSR count). The van der Waals surface area contributed by atoms with Crippen LogP contribution in [0.2, 0.25) is 0 Å². The van der Waals surface area contributed by atoms with Crippen molar-refractivity contribution in [2.75, 3.05) is 26.8 Å². The van der Waals surface area contributed by atoms with Crippen molar-refractivity contribution in [3.63, 3.8) is 0 Å². The fourth-order valence-electron chi connectivity index (χ4n) is 2.35. The second-order valence-electron chi connectivity index (χ2n) is 5.00. The molecule has 0 N–H and O–H groups in total. The predicted octanol–water partition coefficient (Wildman–Crippen LogP) is 2.80. The Labute approximate surface area is 130 Å². The van der Waals surface area contributed by atoms with E-state index in [0.29, 0.717) is 18.8 Å². The van der Waals surface area contributed by atoms with E-state index in [1.54, 1.807) is 12.0 Å². The molecular weight excluding hydrogens is 280 g/mol. The molecule has 0 atom stereocenters. The number of fused-ring (bicyclic) bond motifs is 1. The van der Waals surface area contributed by atoms with Gasteiger partial charge in [0.25, 0.3) is 5.91 Å². The number of benzene rings is 1. The zero-order chi connectivity index (χ0) is 16.1. The van der Waals surface area contributed by atoms with Gasteiger partial charge in [-0.3, -0.25) is 9.78 Å². The zero-order valence-electron chi connectivity index (χ0n) is 13.5. The molecule has 0 unspecified atom stereocenters. The quantitative estimate of drug-likeness (QED) is 0.823. The van der Waals surface area contributed by atoms with E-state index in [9.17, 15) is 4.79 Å². The van der Waals surface area contributed by atoms with E-state index in [-0.39, 0.29) is 12.5 Å². The highest BCUT2D eigenvalue weighted by atomic mass is 16.5. The summed E-state index contributed by atoms with van der Waals surface area (Å²) in [5.41, 5.74) is 1.68. The molecule has 0 saturated heterocycles. The molecule has 0 aliphatic carbocycles. The number of aromatic nitrogens is 1. The number of pyridine rings is 1. The third-order valence-corrected chi connectivity index (χ3v) is 3.57.